The van der Waals surface area contributed by atoms with Crippen molar-refractivity contribution in [1.29, 1.82) is 0 Å². The fourth-order valence-electron chi connectivity index (χ4n) is 3.44. The smallest absolute Gasteiger partial charge is 0.356 e. The molecule has 1 saturated heterocycles. The molecule has 1 fully saturated rings. The number of carbonyl (C=O) groups is 2. The van der Waals surface area contributed by atoms with Crippen molar-refractivity contribution >= 4 is 28.5 Å². The zero-order chi connectivity index (χ0) is 18.7. The van der Waals surface area contributed by atoms with Crippen LogP contribution in [0, 0.1) is 0 Å². The molecule has 1 atom stereocenters. The van der Waals surface area contributed by atoms with E-state index in [1.54, 1.807) is 19.2 Å². The van der Waals surface area contributed by atoms with E-state index in [9.17, 15) is 9.59 Å². The van der Waals surface area contributed by atoms with Gasteiger partial charge in [-0.25, -0.2) is 4.79 Å². The van der Waals surface area contributed by atoms with Gasteiger partial charge in [-0.2, -0.15) is 0 Å². The number of likely N-dealkylation sites (tertiary alicyclic amines) is 1. The Labute approximate surface area is 152 Å². The molecule has 0 aliphatic carbocycles. The lowest BCUT2D eigenvalue weighted by Gasteiger charge is -2.32. The number of hydrogen-bond donors (Lipinski definition) is 2. The minimum atomic E-state index is -0.526. The molecule has 2 aromatic rings. The third-order valence-electron chi connectivity index (χ3n) is 4.95. The summed E-state index contributed by atoms with van der Waals surface area (Å²) < 4.78 is 10.1. The van der Waals surface area contributed by atoms with Gasteiger partial charge >= 0.3 is 5.97 Å². The largest absolute Gasteiger partial charge is 0.497 e. The highest BCUT2D eigenvalue weighted by Gasteiger charge is 2.24. The number of aromatic amines is 1. The van der Waals surface area contributed by atoms with Crippen LogP contribution in [0.15, 0.2) is 18.2 Å². The van der Waals surface area contributed by atoms with Crippen molar-refractivity contribution in [3.63, 3.8) is 0 Å². The second-order valence-electron chi connectivity index (χ2n) is 6.64. The number of H-pyrrole nitrogens is 1. The van der Waals surface area contributed by atoms with E-state index >= 15 is 0 Å². The van der Waals surface area contributed by atoms with Crippen molar-refractivity contribution in [2.24, 2.45) is 0 Å². The quantitative estimate of drug-likeness (QED) is 0.802. The maximum absolute atomic E-state index is 12.6. The molecule has 0 bridgehead atoms. The van der Waals surface area contributed by atoms with Crippen LogP contribution < -0.4 is 10.1 Å². The number of nitrogens with zero attached hydrogens (tertiary/aromatic N) is 1. The first kappa shape index (κ1) is 18.3. The average Bonchev–Trinajstić information content (AvgIpc) is 3.00. The number of methoxy groups -OCH3 is 2. The second-order valence-corrected chi connectivity index (χ2v) is 6.64. The Morgan fingerprint density at radius 2 is 2.12 bits per heavy atom. The third kappa shape index (κ3) is 3.67. The zero-order valence-electron chi connectivity index (χ0n) is 15.4. The van der Waals surface area contributed by atoms with Gasteiger partial charge in [0.15, 0.2) is 0 Å². The molecule has 7 heteroatoms. The molecule has 140 valence electrons. The van der Waals surface area contributed by atoms with E-state index in [1.807, 2.05) is 6.07 Å². The van der Waals surface area contributed by atoms with Crippen LogP contribution in [-0.4, -0.2) is 55.1 Å². The average molecular weight is 359 g/mol. The Morgan fingerprint density at radius 3 is 2.81 bits per heavy atom. The van der Waals surface area contributed by atoms with E-state index in [0.29, 0.717) is 29.5 Å². The Bertz CT molecular complexity index is 814. The molecule has 2 N–H and O–H groups in total. The van der Waals surface area contributed by atoms with Crippen LogP contribution in [0.2, 0.25) is 0 Å². The number of nitrogens with one attached hydrogen (secondary N) is 2. The van der Waals surface area contributed by atoms with E-state index < -0.39 is 5.97 Å². The Morgan fingerprint density at radius 1 is 1.31 bits per heavy atom. The van der Waals surface area contributed by atoms with Crippen LogP contribution in [-0.2, 0) is 9.53 Å². The Hall–Kier alpha value is -2.54. The topological polar surface area (TPSA) is 83.7 Å². The minimum Gasteiger partial charge on any atom is -0.497 e. The first-order valence-corrected chi connectivity index (χ1v) is 8.85. The number of esters is 1. The lowest BCUT2D eigenvalue weighted by Crippen LogP contribution is -2.42. The maximum atomic E-state index is 12.6. The second kappa shape index (κ2) is 7.78. The summed E-state index contributed by atoms with van der Waals surface area (Å²) in [7, 11) is 2.89. The van der Waals surface area contributed by atoms with E-state index in [0.717, 1.165) is 24.8 Å². The molecule has 0 unspecified atom stereocenters. The van der Waals surface area contributed by atoms with Crippen LogP contribution in [0.1, 0.15) is 36.7 Å². The number of anilines is 1. The monoisotopic (exact) mass is 359 g/mol. The van der Waals surface area contributed by atoms with Crippen molar-refractivity contribution in [3.8, 4) is 5.75 Å². The summed E-state index contributed by atoms with van der Waals surface area (Å²) in [5.41, 5.74) is 1.38. The van der Waals surface area contributed by atoms with E-state index in [4.69, 9.17) is 9.47 Å². The highest BCUT2D eigenvalue weighted by molar-refractivity contribution is 6.11. The number of amides is 1. The van der Waals surface area contributed by atoms with Crippen LogP contribution in [0.5, 0.6) is 5.75 Å². The first-order chi connectivity index (χ1) is 12.5. The van der Waals surface area contributed by atoms with E-state index in [1.165, 1.54) is 13.5 Å². The van der Waals surface area contributed by atoms with Gasteiger partial charge < -0.3 is 19.8 Å². The molecule has 26 heavy (non-hydrogen) atoms. The van der Waals surface area contributed by atoms with Gasteiger partial charge in [-0.1, -0.05) is 6.42 Å². The van der Waals surface area contributed by atoms with Gasteiger partial charge in [-0.3, -0.25) is 9.69 Å². The van der Waals surface area contributed by atoms with Crippen LogP contribution >= 0.6 is 0 Å². The van der Waals surface area contributed by atoms with Gasteiger partial charge in [0.25, 0.3) is 0 Å². The molecule has 1 aliphatic heterocycles. The molecule has 1 aromatic carbocycles. The summed E-state index contributed by atoms with van der Waals surface area (Å²) in [6.07, 6.45) is 3.42. The third-order valence-corrected chi connectivity index (χ3v) is 4.95. The zero-order valence-corrected chi connectivity index (χ0v) is 15.4. The van der Waals surface area contributed by atoms with Crippen LogP contribution in [0.3, 0.4) is 0 Å². The maximum Gasteiger partial charge on any atom is 0.356 e. The Kier molecular flexibility index (Phi) is 5.46. The number of rotatable bonds is 5. The predicted molar refractivity (Wildman–Crippen MR) is 99.7 cm³/mol. The summed E-state index contributed by atoms with van der Waals surface area (Å²) in [5.74, 6) is -0.00221. The lowest BCUT2D eigenvalue weighted by atomic mass is 10.0. The number of carbonyl (C=O) groups excluding carboxylic acids is 2. The number of benzene rings is 1. The molecule has 0 radical (unpaired) electrons. The normalized spacial score (nSPS) is 17.9. The number of fused-ring (bicyclic) bond motifs is 1. The fraction of sp³-hybridized carbons (Fsp3) is 0.474. The van der Waals surface area contributed by atoms with Crippen molar-refractivity contribution in [3.05, 3.63) is 23.9 Å². The van der Waals surface area contributed by atoms with E-state index in [-0.39, 0.29) is 11.6 Å². The van der Waals surface area contributed by atoms with Gasteiger partial charge in [0.05, 0.1) is 32.0 Å². The van der Waals surface area contributed by atoms with Crippen molar-refractivity contribution in [2.75, 3.05) is 32.6 Å². The molecule has 7 nitrogen and oxygen atoms in total. The Balaban J connectivity index is 1.87. The van der Waals surface area contributed by atoms with Crippen LogP contribution in [0.4, 0.5) is 5.69 Å². The van der Waals surface area contributed by atoms with Gasteiger partial charge in [0.2, 0.25) is 5.91 Å². The van der Waals surface area contributed by atoms with Crippen molar-refractivity contribution < 1.29 is 19.1 Å². The number of hydrogen-bond acceptors (Lipinski definition) is 5. The van der Waals surface area contributed by atoms with Crippen molar-refractivity contribution in [2.45, 2.75) is 32.2 Å². The summed E-state index contributed by atoms with van der Waals surface area (Å²) >= 11 is 0. The predicted octanol–water partition coefficient (Wildman–Crippen LogP) is 2.78. The van der Waals surface area contributed by atoms with Gasteiger partial charge in [0.1, 0.15) is 11.4 Å². The molecule has 1 amide bonds. The molecule has 3 rings (SSSR count). The van der Waals surface area contributed by atoms with Gasteiger partial charge in [-0.05, 0) is 38.4 Å². The first-order valence-electron chi connectivity index (χ1n) is 8.85. The number of aromatic nitrogens is 1. The molecular formula is C19H25N3O4. The molecule has 2 heterocycles. The highest BCUT2D eigenvalue weighted by atomic mass is 16.5. The highest BCUT2D eigenvalue weighted by Crippen LogP contribution is 2.31. The molecular weight excluding hydrogens is 334 g/mol. The summed E-state index contributed by atoms with van der Waals surface area (Å²) in [5, 5.41) is 3.64. The summed E-state index contributed by atoms with van der Waals surface area (Å²) in [4.78, 5) is 29.9. The van der Waals surface area contributed by atoms with Crippen LogP contribution in [0.25, 0.3) is 10.9 Å². The van der Waals surface area contributed by atoms with Gasteiger partial charge in [-0.15, -0.1) is 0 Å². The lowest BCUT2D eigenvalue weighted by molar-refractivity contribution is -0.118. The minimum absolute atomic E-state index is 0.138. The van der Waals surface area contributed by atoms with Gasteiger partial charge in [0, 0.05) is 17.5 Å². The molecule has 0 saturated carbocycles. The molecule has 1 aromatic heterocycles. The number of ether oxygens (including phenoxy) is 2. The summed E-state index contributed by atoms with van der Waals surface area (Å²) in [6, 6.07) is 5.78. The molecule has 0 spiro atoms. The number of piperidine rings is 1. The van der Waals surface area contributed by atoms with E-state index in [2.05, 4.69) is 22.1 Å². The standard InChI is InChI=1S/C19H25N3O4/c1-12-6-4-5-9-22(12)11-16(23)21-17-14-8-7-13(25-2)10-15(14)20-18(17)19(24)26-3/h7-8,10,12,20H,4-6,9,11H2,1-3H3,(H,21,23)/t12-/m1/s1. The van der Waals surface area contributed by atoms with Crippen molar-refractivity contribution in [1.82, 2.24) is 9.88 Å². The fourth-order valence-corrected chi connectivity index (χ4v) is 3.44. The summed E-state index contributed by atoms with van der Waals surface area (Å²) in [6.45, 7) is 3.37. The molecule has 1 aliphatic rings. The SMILES string of the molecule is COC(=O)c1[nH]c2cc(OC)ccc2c1NC(=O)CN1CCCC[C@H]1C.